The van der Waals surface area contributed by atoms with E-state index in [-0.39, 0.29) is 18.0 Å². The van der Waals surface area contributed by atoms with Gasteiger partial charge in [-0.1, -0.05) is 0 Å². The molecular formula is C16H27N5O3. The van der Waals surface area contributed by atoms with Crippen LogP contribution >= 0.6 is 0 Å². The molecule has 0 unspecified atom stereocenters. The van der Waals surface area contributed by atoms with Gasteiger partial charge in [-0.2, -0.15) is 5.10 Å². The molecule has 8 heteroatoms. The monoisotopic (exact) mass is 337 g/mol. The molecule has 2 heterocycles. The van der Waals surface area contributed by atoms with Crippen LogP contribution in [0.5, 0.6) is 0 Å². The lowest BCUT2D eigenvalue weighted by Crippen LogP contribution is -2.51. The van der Waals surface area contributed by atoms with E-state index in [0.717, 1.165) is 45.6 Å². The molecule has 1 aromatic heterocycles. The van der Waals surface area contributed by atoms with Gasteiger partial charge < -0.3 is 14.7 Å². The third-order valence-electron chi connectivity index (χ3n) is 5.20. The number of nitrogens with zero attached hydrogens (tertiary/aromatic N) is 5. The van der Waals surface area contributed by atoms with Crippen LogP contribution in [0, 0.1) is 0 Å². The molecule has 3 atom stereocenters. The van der Waals surface area contributed by atoms with Crippen LogP contribution in [-0.2, 0) is 16.1 Å². The Hall–Kier alpha value is -1.51. The molecule has 3 rings (SSSR count). The van der Waals surface area contributed by atoms with Crippen molar-refractivity contribution >= 4 is 5.91 Å². The third kappa shape index (κ3) is 3.93. The summed E-state index contributed by atoms with van der Waals surface area (Å²) in [5.74, 6) is 0.0850. The Morgan fingerprint density at radius 1 is 1.38 bits per heavy atom. The zero-order valence-electron chi connectivity index (χ0n) is 14.3. The van der Waals surface area contributed by atoms with Crippen LogP contribution < -0.4 is 0 Å². The van der Waals surface area contributed by atoms with E-state index in [1.807, 2.05) is 7.05 Å². The smallest absolute Gasteiger partial charge is 0.222 e. The molecule has 2 fully saturated rings. The van der Waals surface area contributed by atoms with Crippen molar-refractivity contribution in [3.8, 4) is 0 Å². The Morgan fingerprint density at radius 2 is 2.17 bits per heavy atom. The number of aliphatic hydroxyl groups is 1. The lowest BCUT2D eigenvalue weighted by atomic mass is 10.1. The molecule has 1 aliphatic carbocycles. The van der Waals surface area contributed by atoms with Crippen molar-refractivity contribution in [1.82, 2.24) is 24.6 Å². The maximum Gasteiger partial charge on any atom is 0.222 e. The van der Waals surface area contributed by atoms with Crippen molar-refractivity contribution in [2.45, 2.75) is 50.4 Å². The molecule has 134 valence electrons. The number of likely N-dealkylation sites (N-methyl/N-ethyl adjacent to an activating group) is 1. The van der Waals surface area contributed by atoms with E-state index >= 15 is 0 Å². The maximum atomic E-state index is 12.4. The fourth-order valence-corrected chi connectivity index (χ4v) is 3.77. The largest absolute Gasteiger partial charge is 0.389 e. The molecule has 8 nitrogen and oxygen atoms in total. The zero-order valence-corrected chi connectivity index (χ0v) is 14.3. The minimum atomic E-state index is -0.479. The number of carbonyl (C=O) groups is 1. The van der Waals surface area contributed by atoms with Crippen molar-refractivity contribution in [3.63, 3.8) is 0 Å². The van der Waals surface area contributed by atoms with Gasteiger partial charge in [0.05, 0.1) is 25.4 Å². The molecule has 1 aromatic rings. The number of morpholine rings is 1. The normalized spacial score (nSPS) is 28.2. The topological polar surface area (TPSA) is 83.7 Å². The highest BCUT2D eigenvalue weighted by Gasteiger charge is 2.41. The van der Waals surface area contributed by atoms with Gasteiger partial charge in [-0.25, -0.2) is 4.98 Å². The van der Waals surface area contributed by atoms with Gasteiger partial charge in [-0.05, 0) is 19.3 Å². The first-order valence-electron chi connectivity index (χ1n) is 8.75. The minimum Gasteiger partial charge on any atom is -0.389 e. The van der Waals surface area contributed by atoms with E-state index in [4.69, 9.17) is 4.74 Å². The van der Waals surface area contributed by atoms with Gasteiger partial charge >= 0.3 is 0 Å². The van der Waals surface area contributed by atoms with E-state index in [1.54, 1.807) is 15.9 Å². The first kappa shape index (κ1) is 17.3. The summed E-state index contributed by atoms with van der Waals surface area (Å²) in [4.78, 5) is 20.4. The lowest BCUT2D eigenvalue weighted by Gasteiger charge is -2.36. The Kier molecular flexibility index (Phi) is 5.80. The lowest BCUT2D eigenvalue weighted by molar-refractivity contribution is -0.134. The summed E-state index contributed by atoms with van der Waals surface area (Å²) in [6.45, 7) is 3.87. The quantitative estimate of drug-likeness (QED) is 0.770. The number of ether oxygens (including phenoxy) is 1. The summed E-state index contributed by atoms with van der Waals surface area (Å²) in [6.07, 6.45) is 5.64. The molecule has 0 radical (unpaired) electrons. The molecule has 0 bridgehead atoms. The van der Waals surface area contributed by atoms with Crippen molar-refractivity contribution in [3.05, 3.63) is 12.7 Å². The second kappa shape index (κ2) is 8.04. The van der Waals surface area contributed by atoms with Gasteiger partial charge in [0.2, 0.25) is 5.91 Å². The highest BCUT2D eigenvalue weighted by Crippen LogP contribution is 2.29. The summed E-state index contributed by atoms with van der Waals surface area (Å²) in [5.41, 5.74) is 0. The second-order valence-electron chi connectivity index (χ2n) is 6.62. The fraction of sp³-hybridized carbons (Fsp3) is 0.812. The highest BCUT2D eigenvalue weighted by molar-refractivity contribution is 5.76. The third-order valence-corrected chi connectivity index (χ3v) is 5.20. The van der Waals surface area contributed by atoms with Gasteiger partial charge in [0.25, 0.3) is 0 Å². The molecule has 1 aliphatic heterocycles. The van der Waals surface area contributed by atoms with Gasteiger partial charge in [-0.15, -0.1) is 0 Å². The first-order chi connectivity index (χ1) is 11.7. The Morgan fingerprint density at radius 3 is 2.88 bits per heavy atom. The summed E-state index contributed by atoms with van der Waals surface area (Å²) >= 11 is 0. The van der Waals surface area contributed by atoms with Crippen LogP contribution in [-0.4, -0.2) is 87.1 Å². The number of aliphatic hydroxyl groups excluding tert-OH is 1. The number of hydrogen-bond acceptors (Lipinski definition) is 6. The molecule has 1 amide bonds. The van der Waals surface area contributed by atoms with E-state index in [1.165, 1.54) is 6.33 Å². The number of carbonyl (C=O) groups excluding carboxylic acids is 1. The van der Waals surface area contributed by atoms with E-state index in [9.17, 15) is 9.90 Å². The average Bonchev–Trinajstić information content (AvgIpc) is 3.24. The van der Waals surface area contributed by atoms with Crippen LogP contribution in [0.25, 0.3) is 0 Å². The molecule has 0 aromatic carbocycles. The number of aromatic nitrogens is 3. The van der Waals surface area contributed by atoms with E-state index in [0.29, 0.717) is 13.0 Å². The fourth-order valence-electron chi connectivity index (χ4n) is 3.77. The summed E-state index contributed by atoms with van der Waals surface area (Å²) in [7, 11) is 1.81. The van der Waals surface area contributed by atoms with E-state index in [2.05, 4.69) is 15.0 Å². The number of hydrogen-bond donors (Lipinski definition) is 1. The van der Waals surface area contributed by atoms with Crippen LogP contribution in [0.15, 0.2) is 12.7 Å². The van der Waals surface area contributed by atoms with Gasteiger partial charge in [0, 0.05) is 39.1 Å². The molecule has 1 N–H and O–H groups in total. The van der Waals surface area contributed by atoms with Crippen LogP contribution in [0.2, 0.25) is 0 Å². The van der Waals surface area contributed by atoms with Crippen molar-refractivity contribution < 1.29 is 14.6 Å². The average molecular weight is 337 g/mol. The first-order valence-corrected chi connectivity index (χ1v) is 8.75. The summed E-state index contributed by atoms with van der Waals surface area (Å²) < 4.78 is 7.11. The standard InChI is InChI=1S/C16H27N5O3/c1-19(15(22)3-2-6-21-12-17-11-18-21)13-4-5-14(16(13)23)20-7-9-24-10-8-20/h11-14,16,23H,2-10H2,1H3/t13-,14-,16-/m1/s1. The van der Waals surface area contributed by atoms with Crippen LogP contribution in [0.4, 0.5) is 0 Å². The maximum absolute atomic E-state index is 12.4. The molecule has 2 aliphatic rings. The summed E-state index contributed by atoms with van der Waals surface area (Å²) in [5, 5.41) is 14.7. The Labute approximate surface area is 142 Å². The van der Waals surface area contributed by atoms with Crippen LogP contribution in [0.1, 0.15) is 25.7 Å². The molecule has 0 spiro atoms. The van der Waals surface area contributed by atoms with Gasteiger partial charge in [0.1, 0.15) is 12.7 Å². The molecule has 24 heavy (non-hydrogen) atoms. The SMILES string of the molecule is CN(C(=O)CCCn1cncn1)[C@@H]1CC[C@@H](N2CCOCC2)[C@@H]1O. The Bertz CT molecular complexity index is 518. The minimum absolute atomic E-state index is 0.0850. The predicted molar refractivity (Wildman–Crippen MR) is 87.2 cm³/mol. The molecular weight excluding hydrogens is 310 g/mol. The van der Waals surface area contributed by atoms with E-state index < -0.39 is 6.10 Å². The predicted octanol–water partition coefficient (Wildman–Crippen LogP) is -0.259. The van der Waals surface area contributed by atoms with Gasteiger partial charge in [-0.3, -0.25) is 14.4 Å². The number of aryl methyl sites for hydroxylation is 1. The summed E-state index contributed by atoms with van der Waals surface area (Å²) in [6, 6.07) is 0.0565. The zero-order chi connectivity index (χ0) is 16.9. The molecule has 1 saturated heterocycles. The second-order valence-corrected chi connectivity index (χ2v) is 6.62. The van der Waals surface area contributed by atoms with Crippen LogP contribution in [0.3, 0.4) is 0 Å². The molecule has 1 saturated carbocycles. The van der Waals surface area contributed by atoms with Crippen molar-refractivity contribution in [2.75, 3.05) is 33.4 Å². The van der Waals surface area contributed by atoms with Crippen molar-refractivity contribution in [1.29, 1.82) is 0 Å². The van der Waals surface area contributed by atoms with Crippen molar-refractivity contribution in [2.24, 2.45) is 0 Å². The number of amides is 1. The Balaban J connectivity index is 1.47. The highest BCUT2D eigenvalue weighted by atomic mass is 16.5. The number of rotatable bonds is 6. The van der Waals surface area contributed by atoms with Gasteiger partial charge in [0.15, 0.2) is 0 Å².